The topological polar surface area (TPSA) is 9.23 Å². The van der Waals surface area contributed by atoms with Gasteiger partial charge in [0.25, 0.3) is 0 Å². The molecule has 1 nitrogen and oxygen atoms in total. The van der Waals surface area contributed by atoms with Crippen molar-refractivity contribution in [2.45, 2.75) is 0 Å². The second-order valence-corrected chi connectivity index (χ2v) is 5.16. The van der Waals surface area contributed by atoms with Crippen LogP contribution in [0.4, 0.5) is 4.39 Å². The number of hydrogen-bond acceptors (Lipinski definition) is 1. The molecule has 3 rings (SSSR count). The van der Waals surface area contributed by atoms with Crippen LogP contribution in [-0.4, -0.2) is 6.61 Å². The lowest BCUT2D eigenvalue weighted by atomic mass is 10.1. The van der Waals surface area contributed by atoms with Gasteiger partial charge in [0.05, 0.1) is 0 Å². The van der Waals surface area contributed by atoms with Crippen molar-refractivity contribution in [1.29, 1.82) is 0 Å². The number of benzene rings is 3. The summed E-state index contributed by atoms with van der Waals surface area (Å²) in [5.74, 6) is 0.602. The maximum absolute atomic E-state index is 12.8. The maximum Gasteiger partial charge on any atom is 0.123 e. The Bertz CT molecular complexity index is 759. The maximum atomic E-state index is 12.8. The predicted octanol–water partition coefficient (Wildman–Crippen LogP) is 5.58. The second kappa shape index (κ2) is 7.41. The number of ether oxygens (including phenoxy) is 1. The molecule has 2 heteroatoms. The number of rotatable bonds is 5. The molecule has 0 spiro atoms. The molecule has 0 saturated heterocycles. The Hall–Kier alpha value is -2.87. The first-order valence-corrected chi connectivity index (χ1v) is 7.52. The molecule has 0 saturated carbocycles. The molecule has 0 aliphatic carbocycles. The van der Waals surface area contributed by atoms with Crippen molar-refractivity contribution < 1.29 is 9.13 Å². The molecule has 3 aromatic carbocycles. The summed E-state index contributed by atoms with van der Waals surface area (Å²) in [5, 5.41) is 0. The first kappa shape index (κ1) is 15.0. The van der Waals surface area contributed by atoms with Crippen molar-refractivity contribution in [1.82, 2.24) is 0 Å². The van der Waals surface area contributed by atoms with Crippen molar-refractivity contribution in [2.75, 3.05) is 6.61 Å². The Morgan fingerprint density at radius 1 is 0.739 bits per heavy atom. The molecule has 0 fully saturated rings. The highest BCUT2D eigenvalue weighted by Crippen LogP contribution is 2.22. The quantitative estimate of drug-likeness (QED) is 0.597. The zero-order valence-corrected chi connectivity index (χ0v) is 12.7. The smallest absolute Gasteiger partial charge is 0.123 e. The molecule has 0 aliphatic rings. The highest BCUT2D eigenvalue weighted by molar-refractivity contribution is 5.63. The highest BCUT2D eigenvalue weighted by atomic mass is 19.1. The third-order valence-electron chi connectivity index (χ3n) is 3.49. The van der Waals surface area contributed by atoms with E-state index in [1.807, 2.05) is 54.6 Å². The Morgan fingerprint density at radius 3 is 2.09 bits per heavy atom. The Morgan fingerprint density at radius 2 is 1.39 bits per heavy atom. The summed E-state index contributed by atoms with van der Waals surface area (Å²) in [6, 6.07) is 24.6. The normalized spacial score (nSPS) is 10.8. The van der Waals surface area contributed by atoms with E-state index in [1.54, 1.807) is 12.1 Å². The van der Waals surface area contributed by atoms with Crippen LogP contribution in [0.1, 0.15) is 5.56 Å². The summed E-state index contributed by atoms with van der Waals surface area (Å²) in [5.41, 5.74) is 3.31. The van der Waals surface area contributed by atoms with Gasteiger partial charge in [-0.05, 0) is 47.0 Å². The molecule has 23 heavy (non-hydrogen) atoms. The van der Waals surface area contributed by atoms with Crippen LogP contribution in [0.25, 0.3) is 17.2 Å². The largest absolute Gasteiger partial charge is 0.490 e. The van der Waals surface area contributed by atoms with Crippen LogP contribution < -0.4 is 4.74 Å². The zero-order valence-electron chi connectivity index (χ0n) is 12.7. The average molecular weight is 304 g/mol. The van der Waals surface area contributed by atoms with Gasteiger partial charge in [-0.25, -0.2) is 4.39 Å². The zero-order chi connectivity index (χ0) is 15.9. The summed E-state index contributed by atoms with van der Waals surface area (Å²) in [4.78, 5) is 0. The van der Waals surface area contributed by atoms with E-state index in [1.165, 1.54) is 23.3 Å². The van der Waals surface area contributed by atoms with E-state index in [-0.39, 0.29) is 5.82 Å². The molecule has 0 radical (unpaired) electrons. The van der Waals surface area contributed by atoms with Crippen molar-refractivity contribution in [3.05, 3.63) is 96.3 Å². The predicted molar refractivity (Wildman–Crippen MR) is 92.8 cm³/mol. The van der Waals surface area contributed by atoms with Gasteiger partial charge in [-0.15, -0.1) is 0 Å². The lowest BCUT2D eigenvalue weighted by molar-refractivity contribution is 0.363. The van der Waals surface area contributed by atoms with Crippen LogP contribution in [0.15, 0.2) is 84.9 Å². The van der Waals surface area contributed by atoms with Crippen molar-refractivity contribution in [3.8, 4) is 16.9 Å². The minimum atomic E-state index is -0.225. The fraction of sp³-hybridized carbons (Fsp3) is 0.0476. The third-order valence-corrected chi connectivity index (χ3v) is 3.49. The highest BCUT2D eigenvalue weighted by Gasteiger charge is 1.97. The number of halogens is 1. The average Bonchev–Trinajstić information content (AvgIpc) is 2.62. The molecule has 0 aromatic heterocycles. The first-order chi connectivity index (χ1) is 11.3. The number of hydrogen-bond donors (Lipinski definition) is 0. The minimum Gasteiger partial charge on any atom is -0.490 e. The molecule has 0 amide bonds. The molecule has 0 unspecified atom stereocenters. The fourth-order valence-corrected chi connectivity index (χ4v) is 2.28. The van der Waals surface area contributed by atoms with E-state index in [9.17, 15) is 4.39 Å². The summed E-state index contributed by atoms with van der Waals surface area (Å²) in [7, 11) is 0. The molecule has 0 atom stereocenters. The van der Waals surface area contributed by atoms with E-state index in [0.29, 0.717) is 6.61 Å². The molecule has 0 bridgehead atoms. The van der Waals surface area contributed by atoms with Crippen LogP contribution in [-0.2, 0) is 0 Å². The summed E-state index contributed by atoms with van der Waals surface area (Å²) < 4.78 is 18.5. The van der Waals surface area contributed by atoms with Gasteiger partial charge in [-0.1, -0.05) is 60.7 Å². The van der Waals surface area contributed by atoms with Crippen LogP contribution >= 0.6 is 0 Å². The van der Waals surface area contributed by atoms with Gasteiger partial charge in [0, 0.05) is 0 Å². The van der Waals surface area contributed by atoms with Crippen molar-refractivity contribution >= 4 is 6.08 Å². The van der Waals surface area contributed by atoms with Crippen LogP contribution in [0.2, 0.25) is 0 Å². The summed E-state index contributed by atoms with van der Waals surface area (Å²) in [6.45, 7) is 0.474. The lowest BCUT2D eigenvalue weighted by Crippen LogP contribution is -1.93. The molecule has 0 aliphatic heterocycles. The Kier molecular flexibility index (Phi) is 4.85. The van der Waals surface area contributed by atoms with E-state index in [4.69, 9.17) is 4.74 Å². The fourth-order valence-electron chi connectivity index (χ4n) is 2.28. The van der Waals surface area contributed by atoms with Gasteiger partial charge in [0.15, 0.2) is 0 Å². The second-order valence-electron chi connectivity index (χ2n) is 5.16. The standard InChI is InChI=1S/C21H17FO/c22-20-12-8-17(9-13-20)5-4-16-23-21-14-10-19(11-15-21)18-6-2-1-3-7-18/h1-15H,16H2/b5-4+. The molecule has 0 heterocycles. The monoisotopic (exact) mass is 304 g/mol. The van der Waals surface area contributed by atoms with Gasteiger partial charge in [0.2, 0.25) is 0 Å². The molecule has 0 N–H and O–H groups in total. The van der Waals surface area contributed by atoms with Crippen LogP contribution in [0, 0.1) is 5.82 Å². The Balaban J connectivity index is 1.55. The van der Waals surface area contributed by atoms with Crippen LogP contribution in [0.3, 0.4) is 0 Å². The molecule has 114 valence electrons. The summed E-state index contributed by atoms with van der Waals surface area (Å²) in [6.07, 6.45) is 3.83. The third kappa shape index (κ3) is 4.30. The van der Waals surface area contributed by atoms with Crippen molar-refractivity contribution in [3.63, 3.8) is 0 Å². The van der Waals surface area contributed by atoms with Gasteiger partial charge >= 0.3 is 0 Å². The van der Waals surface area contributed by atoms with E-state index in [2.05, 4.69) is 12.1 Å². The van der Waals surface area contributed by atoms with Gasteiger partial charge in [-0.3, -0.25) is 0 Å². The Labute approximate surface area is 135 Å². The van der Waals surface area contributed by atoms with Crippen LogP contribution in [0.5, 0.6) is 5.75 Å². The van der Waals surface area contributed by atoms with Gasteiger partial charge in [-0.2, -0.15) is 0 Å². The minimum absolute atomic E-state index is 0.225. The van der Waals surface area contributed by atoms with E-state index < -0.39 is 0 Å². The lowest BCUT2D eigenvalue weighted by Gasteiger charge is -2.05. The summed E-state index contributed by atoms with van der Waals surface area (Å²) >= 11 is 0. The molecule has 3 aromatic rings. The van der Waals surface area contributed by atoms with E-state index >= 15 is 0 Å². The SMILES string of the molecule is Fc1ccc(/C=C/COc2ccc(-c3ccccc3)cc2)cc1. The van der Waals surface area contributed by atoms with Gasteiger partial charge in [0.1, 0.15) is 18.2 Å². The molecular weight excluding hydrogens is 287 g/mol. The first-order valence-electron chi connectivity index (χ1n) is 7.52. The molecular formula is C21H17FO. The van der Waals surface area contributed by atoms with Crippen molar-refractivity contribution in [2.24, 2.45) is 0 Å². The van der Waals surface area contributed by atoms with E-state index in [0.717, 1.165) is 11.3 Å². The van der Waals surface area contributed by atoms with Gasteiger partial charge < -0.3 is 4.74 Å².